The van der Waals surface area contributed by atoms with Crippen LogP contribution in [-0.2, 0) is 10.0 Å². The van der Waals surface area contributed by atoms with Crippen LogP contribution in [0.1, 0.15) is 0 Å². The Morgan fingerprint density at radius 1 is 0.571 bits per heavy atom. The summed E-state index contributed by atoms with van der Waals surface area (Å²) in [7, 11) is -7.79. The zero-order valence-corrected chi connectivity index (χ0v) is 7.59. The number of nitrogens with zero attached hydrogens (tertiary/aromatic N) is 6. The van der Waals surface area contributed by atoms with Crippen molar-refractivity contribution in [2.75, 3.05) is 0 Å². The van der Waals surface area contributed by atoms with Gasteiger partial charge in [0.05, 0.1) is 0 Å². The van der Waals surface area contributed by atoms with Gasteiger partial charge in [0.1, 0.15) is 0 Å². The van der Waals surface area contributed by atoms with Crippen LogP contribution < -0.4 is 0 Å². The van der Waals surface area contributed by atoms with Crippen LogP contribution in [-0.4, -0.2) is 4.19 Å². The molecule has 0 aromatic heterocycles. The van der Waals surface area contributed by atoms with Crippen molar-refractivity contribution in [3.8, 4) is 29.8 Å². The van der Waals surface area contributed by atoms with Crippen molar-refractivity contribution < 1.29 is 14.2 Å². The molecule has 0 saturated heterocycles. The molecule has 0 aliphatic heterocycles. The van der Waals surface area contributed by atoms with Gasteiger partial charge in [0.25, 0.3) is 0 Å². The summed E-state index contributed by atoms with van der Waals surface area (Å²) in [6, 6.07) is 0. The first-order chi connectivity index (χ1) is 6.22. The van der Waals surface area contributed by atoms with Crippen molar-refractivity contribution in [2.45, 2.75) is 0 Å². The van der Waals surface area contributed by atoms with Crippen molar-refractivity contribution >= 4 is 0 Å². The van der Waals surface area contributed by atoms with E-state index in [-0.39, 0.29) is 0 Å². The molecule has 69 valence electrons. The Hall–Kier alpha value is -2.58. The van der Waals surface area contributed by atoms with Crippen LogP contribution in [0.25, 0.3) is 0 Å². The van der Waals surface area contributed by atoms with Gasteiger partial charge in [-0.25, -0.2) is 0 Å². The van der Waals surface area contributed by atoms with Gasteiger partial charge in [-0.1, -0.05) is 0 Å². The summed E-state index contributed by atoms with van der Waals surface area (Å²) < 4.78 is 9.73. The van der Waals surface area contributed by atoms with Crippen LogP contribution >= 0.6 is 0 Å². The van der Waals surface area contributed by atoms with E-state index in [2.05, 4.69) is 0 Å². The zero-order chi connectivity index (χ0) is 11.6. The molecular weight excluding hydrogens is 228 g/mol. The third-order valence-corrected chi connectivity index (χ3v) is 5.76. The molecule has 0 rings (SSSR count). The van der Waals surface area contributed by atoms with E-state index in [0.717, 1.165) is 0 Å². The standard InChI is InChI=1S/6CN.Fe.H2O/c6*1-2;;/h;;;;;;;1H2/q;;;;;;+1;/p-1. The second-order valence-corrected chi connectivity index (χ2v) is 9.38. The second-order valence-electron chi connectivity index (χ2n) is 2.27. The van der Waals surface area contributed by atoms with Crippen molar-refractivity contribution in [3.63, 3.8) is 0 Å². The van der Waals surface area contributed by atoms with E-state index in [1.165, 1.54) is 0 Å². The van der Waals surface area contributed by atoms with Crippen molar-refractivity contribution in [3.05, 3.63) is 0 Å². The molecule has 0 atom stereocenters. The average molecular weight is 229 g/mol. The average Bonchev–Trinajstić information content (AvgIpc) is 2.31. The Morgan fingerprint density at radius 3 is 0.714 bits per heavy atom. The summed E-state index contributed by atoms with van der Waals surface area (Å²) in [5.74, 6) is 0. The van der Waals surface area contributed by atoms with E-state index in [0.29, 0.717) is 29.8 Å². The van der Waals surface area contributed by atoms with Gasteiger partial charge in [-0.15, -0.1) is 0 Å². The van der Waals surface area contributed by atoms with Crippen molar-refractivity contribution in [1.29, 1.82) is 31.6 Å². The Kier molecular flexibility index (Phi) is 1.26. The Morgan fingerprint density at radius 2 is 0.714 bits per heavy atom. The van der Waals surface area contributed by atoms with E-state index in [9.17, 15) is 4.19 Å². The molecule has 0 amide bonds. The van der Waals surface area contributed by atoms with E-state index >= 15 is 0 Å². The SMILES string of the molecule is N#[C][Fe]([OH])([C]#N)([C]#N)([C]#N)([C]#N)[C]#N. The fraction of sp³-hybridized carbons (Fsp3) is 0. The van der Waals surface area contributed by atoms with Crippen LogP contribution in [0.5, 0.6) is 0 Å². The number of hydrogen-bond donors (Lipinski definition) is 1. The molecule has 0 radical (unpaired) electrons. The molecule has 0 fully saturated rings. The van der Waals surface area contributed by atoms with Crippen molar-refractivity contribution in [2.24, 2.45) is 0 Å². The summed E-state index contributed by atoms with van der Waals surface area (Å²) in [4.78, 5) is 3.96. The molecule has 0 aliphatic carbocycles. The minimum atomic E-state index is -7.79. The molecular formula is C6HFeN6O. The number of hydrogen-bond acceptors (Lipinski definition) is 7. The maximum absolute atomic E-state index is 9.73. The third kappa shape index (κ3) is 0.598. The van der Waals surface area contributed by atoms with Gasteiger partial charge in [-0.05, 0) is 0 Å². The van der Waals surface area contributed by atoms with Gasteiger partial charge < -0.3 is 0 Å². The quantitative estimate of drug-likeness (QED) is 0.548. The normalized spacial score (nSPS) is 16.4. The van der Waals surface area contributed by atoms with Crippen LogP contribution in [0, 0.1) is 61.4 Å². The fourth-order valence-corrected chi connectivity index (χ4v) is 1.09. The monoisotopic (exact) mass is 229 g/mol. The molecule has 0 heterocycles. The van der Waals surface area contributed by atoms with Crippen LogP contribution in [0.2, 0.25) is 0 Å². The van der Waals surface area contributed by atoms with E-state index in [1.807, 2.05) is 0 Å². The molecule has 0 unspecified atom stereocenters. The first-order valence-corrected chi connectivity index (χ1v) is 6.37. The fourth-order valence-electron chi connectivity index (χ4n) is 0.265. The second kappa shape index (κ2) is 1.55. The molecule has 0 saturated carbocycles. The summed E-state index contributed by atoms with van der Waals surface area (Å²) in [6.45, 7) is 0. The molecule has 14 heavy (non-hydrogen) atoms. The molecule has 0 bridgehead atoms. The van der Waals surface area contributed by atoms with Gasteiger partial charge in [0.15, 0.2) is 0 Å². The third-order valence-electron chi connectivity index (χ3n) is 1.40. The summed E-state index contributed by atoms with van der Waals surface area (Å²) in [6.07, 6.45) is 0. The number of nitriles is 6. The van der Waals surface area contributed by atoms with Crippen LogP contribution in [0.4, 0.5) is 0 Å². The van der Waals surface area contributed by atoms with Crippen LogP contribution in [0.15, 0.2) is 0 Å². The Balaban J connectivity index is 7.57. The maximum atomic E-state index is 9.73. The molecule has 0 aliphatic rings. The van der Waals surface area contributed by atoms with E-state index in [4.69, 9.17) is 31.6 Å². The predicted octanol–water partition coefficient (Wildman–Crippen LogP) is -0.459. The topological polar surface area (TPSA) is 163 Å². The van der Waals surface area contributed by atoms with Crippen molar-refractivity contribution in [1.82, 2.24) is 0 Å². The Labute approximate surface area is 76.0 Å². The van der Waals surface area contributed by atoms with Gasteiger partial charge in [-0.2, -0.15) is 0 Å². The van der Waals surface area contributed by atoms with Gasteiger partial charge in [0, 0.05) is 0 Å². The molecule has 0 aromatic rings. The van der Waals surface area contributed by atoms with Gasteiger partial charge in [0.2, 0.25) is 0 Å². The first kappa shape index (κ1) is 11.4. The molecule has 1 N–H and O–H groups in total. The summed E-state index contributed by atoms with van der Waals surface area (Å²) >= 11 is 0. The van der Waals surface area contributed by atoms with Gasteiger partial charge >= 0.3 is 75.6 Å². The number of rotatable bonds is 0. The molecule has 0 spiro atoms. The Bertz CT molecular complexity index is 463. The van der Waals surface area contributed by atoms with Crippen LogP contribution in [0.3, 0.4) is 0 Å². The predicted molar refractivity (Wildman–Crippen MR) is 35.9 cm³/mol. The molecule has 8 heteroatoms. The first-order valence-electron chi connectivity index (χ1n) is 2.56. The minimum absolute atomic E-state index is 0.660. The molecule has 0 aromatic carbocycles. The van der Waals surface area contributed by atoms with E-state index in [1.54, 1.807) is 0 Å². The zero-order valence-electron chi connectivity index (χ0n) is 6.48. The summed E-state index contributed by atoms with van der Waals surface area (Å²) in [5, 5.41) is 51.5. The van der Waals surface area contributed by atoms with E-state index < -0.39 is 10.0 Å². The summed E-state index contributed by atoms with van der Waals surface area (Å²) in [5.41, 5.74) is 0. The van der Waals surface area contributed by atoms with Gasteiger partial charge in [-0.3, -0.25) is 0 Å². The molecule has 7 nitrogen and oxygen atoms in total.